The average Bonchev–Trinajstić information content (AvgIpc) is 3.54. The van der Waals surface area contributed by atoms with Gasteiger partial charge in [-0.15, -0.1) is 0 Å². The van der Waals surface area contributed by atoms with Gasteiger partial charge in [-0.3, -0.25) is 9.59 Å². The Morgan fingerprint density at radius 1 is 1.13 bits per heavy atom. The number of aryl methyl sites for hydroxylation is 1. The third-order valence-electron chi connectivity index (χ3n) is 8.26. The maximum Gasteiger partial charge on any atom is 0.267 e. The molecule has 2 saturated heterocycles. The van der Waals surface area contributed by atoms with Gasteiger partial charge in [-0.1, -0.05) is 41.6 Å². The van der Waals surface area contributed by atoms with Crippen LogP contribution in [0.15, 0.2) is 61.4 Å². The maximum absolute atomic E-state index is 13.0. The molecule has 2 amide bonds. The van der Waals surface area contributed by atoms with Gasteiger partial charge in [0.05, 0.1) is 35.4 Å². The number of methoxy groups -OCH3 is 1. The zero-order valence-corrected chi connectivity index (χ0v) is 27.6. The Kier molecular flexibility index (Phi) is 9.57. The largest absolute Gasteiger partial charge is 0.493 e. The van der Waals surface area contributed by atoms with Crippen LogP contribution in [0.3, 0.4) is 0 Å². The first-order valence-corrected chi connectivity index (χ1v) is 16.3. The summed E-state index contributed by atoms with van der Waals surface area (Å²) in [5.41, 5.74) is 3.84. The standard InChI is InChI=1S/C33H35ClN8O4S/c1-4-28(44)40-10-12-41(13-11-40)31-25(42-17-21(18-42)19-43)14-22(15-35-31)24-8-9-26(46-3)30(37-24)39-33-36-16-27(47-33)32(45)38-29-20(2)6-5-7-23(29)34/h4-9,14-16,21,43H,1,10-13,17-19H2,2-3H3,(H,38,45)(H,36,37,39). The molecule has 2 aliphatic rings. The molecule has 12 nitrogen and oxygen atoms in total. The molecule has 2 aliphatic heterocycles. The zero-order valence-electron chi connectivity index (χ0n) is 26.1. The Morgan fingerprint density at radius 3 is 2.62 bits per heavy atom. The number of piperazine rings is 1. The normalized spacial score (nSPS) is 14.9. The molecule has 0 aliphatic carbocycles. The number of hydrogen-bond acceptors (Lipinski definition) is 11. The van der Waals surface area contributed by atoms with E-state index in [4.69, 9.17) is 26.3 Å². The Balaban J connectivity index is 1.23. The molecule has 0 atom stereocenters. The van der Waals surface area contributed by atoms with Crippen LogP contribution in [0, 0.1) is 12.8 Å². The Labute approximate surface area is 281 Å². The monoisotopic (exact) mass is 674 g/mol. The quantitative estimate of drug-likeness (QED) is 0.201. The third kappa shape index (κ3) is 6.87. The van der Waals surface area contributed by atoms with Crippen molar-refractivity contribution < 1.29 is 19.4 Å². The molecule has 3 N–H and O–H groups in total. The summed E-state index contributed by atoms with van der Waals surface area (Å²) < 4.78 is 5.58. The van der Waals surface area contributed by atoms with E-state index in [1.807, 2.05) is 31.2 Å². The number of amides is 2. The number of carbonyl (C=O) groups is 2. The van der Waals surface area contributed by atoms with Crippen molar-refractivity contribution in [1.82, 2.24) is 19.9 Å². The van der Waals surface area contributed by atoms with Gasteiger partial charge in [0.15, 0.2) is 22.5 Å². The van der Waals surface area contributed by atoms with Crippen LogP contribution in [0.25, 0.3) is 11.3 Å². The van der Waals surface area contributed by atoms with E-state index in [2.05, 4.69) is 38.1 Å². The van der Waals surface area contributed by atoms with Gasteiger partial charge in [-0.25, -0.2) is 15.0 Å². The molecule has 1 aromatic carbocycles. The number of aromatic nitrogens is 3. The molecule has 6 rings (SSSR count). The van der Waals surface area contributed by atoms with Crippen molar-refractivity contribution in [3.8, 4) is 17.0 Å². The van der Waals surface area contributed by atoms with Crippen molar-refractivity contribution in [2.75, 3.05) is 73.4 Å². The number of carbonyl (C=O) groups excluding carboxylic acids is 2. The van der Waals surface area contributed by atoms with Crippen molar-refractivity contribution >= 4 is 62.9 Å². The van der Waals surface area contributed by atoms with E-state index in [0.717, 1.165) is 35.7 Å². The number of ether oxygens (including phenoxy) is 1. The SMILES string of the molecule is C=CC(=O)N1CCN(c2ncc(-c3ccc(OC)c(Nc4ncc(C(=O)Nc5c(C)cccc5Cl)s4)n3)cc2N2CC(CO)C2)CC1. The number of thiazole rings is 1. The number of para-hydroxylation sites is 1. The lowest BCUT2D eigenvalue weighted by atomic mass is 9.99. The zero-order chi connectivity index (χ0) is 33.1. The molecule has 3 aromatic heterocycles. The van der Waals surface area contributed by atoms with Crippen LogP contribution in [0.5, 0.6) is 5.75 Å². The van der Waals surface area contributed by atoms with E-state index in [0.29, 0.717) is 64.2 Å². The molecule has 0 spiro atoms. The highest BCUT2D eigenvalue weighted by atomic mass is 35.5. The van der Waals surface area contributed by atoms with Crippen LogP contribution < -0.4 is 25.2 Å². The molecule has 0 bridgehead atoms. The van der Waals surface area contributed by atoms with Crippen LogP contribution in [-0.2, 0) is 4.79 Å². The lowest BCUT2D eigenvalue weighted by Gasteiger charge is -2.43. The second-order valence-corrected chi connectivity index (χ2v) is 12.8. The molecule has 2 fully saturated rings. The number of anilines is 5. The van der Waals surface area contributed by atoms with Gasteiger partial charge < -0.3 is 35.2 Å². The lowest BCUT2D eigenvalue weighted by molar-refractivity contribution is -0.126. The van der Waals surface area contributed by atoms with E-state index >= 15 is 0 Å². The first kappa shape index (κ1) is 32.2. The molecule has 0 saturated carbocycles. The van der Waals surface area contributed by atoms with Gasteiger partial charge in [-0.2, -0.15) is 0 Å². The first-order valence-electron chi connectivity index (χ1n) is 15.1. The number of benzene rings is 1. The van der Waals surface area contributed by atoms with Crippen molar-refractivity contribution in [2.45, 2.75) is 6.92 Å². The van der Waals surface area contributed by atoms with Crippen molar-refractivity contribution in [3.63, 3.8) is 0 Å². The number of aliphatic hydroxyl groups is 1. The van der Waals surface area contributed by atoms with Gasteiger partial charge in [0.1, 0.15) is 4.88 Å². The highest BCUT2D eigenvalue weighted by Crippen LogP contribution is 2.38. The Hall–Kier alpha value is -4.72. The number of aliphatic hydroxyl groups excluding tert-OH is 1. The number of hydrogen-bond donors (Lipinski definition) is 3. The Morgan fingerprint density at radius 2 is 1.91 bits per heavy atom. The molecule has 47 heavy (non-hydrogen) atoms. The highest BCUT2D eigenvalue weighted by Gasteiger charge is 2.31. The Bertz CT molecular complexity index is 1780. The second kappa shape index (κ2) is 14.0. The van der Waals surface area contributed by atoms with E-state index in [-0.39, 0.29) is 24.3 Å². The molecule has 0 unspecified atom stereocenters. The molecule has 5 heterocycles. The first-order chi connectivity index (χ1) is 22.8. The van der Waals surface area contributed by atoms with Crippen molar-refractivity contribution in [1.29, 1.82) is 0 Å². The van der Waals surface area contributed by atoms with E-state index in [1.165, 1.54) is 23.6 Å². The predicted octanol–water partition coefficient (Wildman–Crippen LogP) is 4.83. The second-order valence-electron chi connectivity index (χ2n) is 11.3. The molecule has 14 heteroatoms. The molecular formula is C33H35ClN8O4S. The summed E-state index contributed by atoms with van der Waals surface area (Å²) in [5.74, 6) is 1.60. The number of nitrogens with one attached hydrogen (secondary N) is 2. The van der Waals surface area contributed by atoms with Crippen LogP contribution >= 0.6 is 22.9 Å². The van der Waals surface area contributed by atoms with Crippen LogP contribution in [0.2, 0.25) is 5.02 Å². The van der Waals surface area contributed by atoms with Crippen molar-refractivity contribution in [2.24, 2.45) is 5.92 Å². The fourth-order valence-electron chi connectivity index (χ4n) is 5.58. The topological polar surface area (TPSA) is 136 Å². The van der Waals surface area contributed by atoms with E-state index in [9.17, 15) is 14.7 Å². The number of nitrogens with zero attached hydrogens (tertiary/aromatic N) is 6. The number of pyridine rings is 2. The molecular weight excluding hydrogens is 640 g/mol. The predicted molar refractivity (Wildman–Crippen MR) is 185 cm³/mol. The summed E-state index contributed by atoms with van der Waals surface area (Å²) in [6, 6.07) is 11.2. The maximum atomic E-state index is 13.0. The molecule has 244 valence electrons. The smallest absolute Gasteiger partial charge is 0.267 e. The third-order valence-corrected chi connectivity index (χ3v) is 9.48. The summed E-state index contributed by atoms with van der Waals surface area (Å²) in [4.78, 5) is 45.8. The number of rotatable bonds is 10. The molecule has 4 aromatic rings. The summed E-state index contributed by atoms with van der Waals surface area (Å²) in [5, 5.41) is 16.7. The van der Waals surface area contributed by atoms with E-state index < -0.39 is 0 Å². The lowest BCUT2D eigenvalue weighted by Crippen LogP contribution is -2.51. The minimum Gasteiger partial charge on any atom is -0.493 e. The minimum atomic E-state index is -0.317. The fraction of sp³-hybridized carbons (Fsp3) is 0.303. The van der Waals surface area contributed by atoms with Crippen LogP contribution in [0.1, 0.15) is 15.2 Å². The van der Waals surface area contributed by atoms with E-state index in [1.54, 1.807) is 24.3 Å². The fourth-order valence-corrected chi connectivity index (χ4v) is 6.56. The van der Waals surface area contributed by atoms with Gasteiger partial charge in [0.25, 0.3) is 5.91 Å². The molecule has 0 radical (unpaired) electrons. The van der Waals surface area contributed by atoms with Gasteiger partial charge >= 0.3 is 0 Å². The van der Waals surface area contributed by atoms with Gasteiger partial charge in [0, 0.05) is 63.6 Å². The summed E-state index contributed by atoms with van der Waals surface area (Å²) >= 11 is 7.48. The minimum absolute atomic E-state index is 0.0684. The number of halogens is 1. The highest BCUT2D eigenvalue weighted by molar-refractivity contribution is 7.17. The van der Waals surface area contributed by atoms with Gasteiger partial charge in [-0.05, 0) is 42.8 Å². The van der Waals surface area contributed by atoms with Gasteiger partial charge in [0.2, 0.25) is 5.91 Å². The summed E-state index contributed by atoms with van der Waals surface area (Å²) in [7, 11) is 1.56. The van der Waals surface area contributed by atoms with Crippen LogP contribution in [0.4, 0.5) is 28.1 Å². The average molecular weight is 675 g/mol. The van der Waals surface area contributed by atoms with Crippen LogP contribution in [-0.4, -0.2) is 89.8 Å². The summed E-state index contributed by atoms with van der Waals surface area (Å²) in [6.45, 7) is 9.54. The van der Waals surface area contributed by atoms with Crippen molar-refractivity contribution in [3.05, 3.63) is 76.9 Å². The summed E-state index contributed by atoms with van der Waals surface area (Å²) in [6.07, 6.45) is 4.64.